The van der Waals surface area contributed by atoms with Gasteiger partial charge < -0.3 is 4.90 Å². The number of thioether (sulfide) groups is 1. The van der Waals surface area contributed by atoms with Gasteiger partial charge in [0.2, 0.25) is 11.1 Å². The standard InChI is InChI=1S/C23H23N5OS/c1-16-14-17(2)28-22(24-16)25-23(26-28)30-15-20(29)27(3)21(18-10-6-4-7-11-18)19-12-8-5-9-13-19/h4-14,21H,15H2,1-3H3. The lowest BCUT2D eigenvalue weighted by atomic mass is 9.97. The number of hydrogen-bond acceptors (Lipinski definition) is 5. The minimum absolute atomic E-state index is 0.0115. The van der Waals surface area contributed by atoms with E-state index in [9.17, 15) is 4.79 Å². The summed E-state index contributed by atoms with van der Waals surface area (Å²) in [6.07, 6.45) is 0. The van der Waals surface area contributed by atoms with Gasteiger partial charge in [0.25, 0.3) is 5.78 Å². The van der Waals surface area contributed by atoms with Crippen molar-refractivity contribution in [3.8, 4) is 0 Å². The van der Waals surface area contributed by atoms with Crippen molar-refractivity contribution in [2.24, 2.45) is 0 Å². The Morgan fingerprint density at radius 1 is 1.00 bits per heavy atom. The second-order valence-electron chi connectivity index (χ2n) is 7.16. The minimum atomic E-state index is -0.152. The van der Waals surface area contributed by atoms with Gasteiger partial charge in [-0.15, -0.1) is 5.10 Å². The van der Waals surface area contributed by atoms with Gasteiger partial charge in [-0.1, -0.05) is 72.4 Å². The highest BCUT2D eigenvalue weighted by molar-refractivity contribution is 7.99. The molecule has 4 rings (SSSR count). The first-order valence-electron chi connectivity index (χ1n) is 9.72. The molecule has 0 atom stereocenters. The molecular weight excluding hydrogens is 394 g/mol. The van der Waals surface area contributed by atoms with Gasteiger partial charge in [0.1, 0.15) is 0 Å². The van der Waals surface area contributed by atoms with Gasteiger partial charge in [-0.2, -0.15) is 4.98 Å². The fourth-order valence-corrected chi connectivity index (χ4v) is 4.23. The zero-order chi connectivity index (χ0) is 21.1. The monoisotopic (exact) mass is 417 g/mol. The Morgan fingerprint density at radius 2 is 1.60 bits per heavy atom. The molecule has 4 aromatic rings. The maximum Gasteiger partial charge on any atom is 0.253 e. The van der Waals surface area contributed by atoms with Crippen LogP contribution in [0.1, 0.15) is 28.6 Å². The third-order valence-corrected chi connectivity index (χ3v) is 5.76. The van der Waals surface area contributed by atoms with E-state index in [1.807, 2.05) is 63.4 Å². The van der Waals surface area contributed by atoms with E-state index < -0.39 is 0 Å². The molecule has 0 aliphatic rings. The zero-order valence-electron chi connectivity index (χ0n) is 17.2. The van der Waals surface area contributed by atoms with Crippen molar-refractivity contribution in [3.63, 3.8) is 0 Å². The molecule has 0 aliphatic carbocycles. The summed E-state index contributed by atoms with van der Waals surface area (Å²) in [5.41, 5.74) is 4.01. The SMILES string of the molecule is Cc1cc(C)n2nc(SCC(=O)N(C)C(c3ccccc3)c3ccccc3)nc2n1. The number of aryl methyl sites for hydroxylation is 2. The van der Waals surface area contributed by atoms with Crippen molar-refractivity contribution in [2.75, 3.05) is 12.8 Å². The Kier molecular flexibility index (Phi) is 5.81. The van der Waals surface area contributed by atoms with Gasteiger partial charge in [0.05, 0.1) is 11.8 Å². The molecular formula is C23H23N5OS. The van der Waals surface area contributed by atoms with Crippen LogP contribution >= 0.6 is 11.8 Å². The van der Waals surface area contributed by atoms with Crippen LogP contribution < -0.4 is 0 Å². The van der Waals surface area contributed by atoms with Crippen molar-refractivity contribution in [1.29, 1.82) is 0 Å². The predicted octanol–water partition coefficient (Wildman–Crippen LogP) is 4.08. The van der Waals surface area contributed by atoms with E-state index >= 15 is 0 Å². The Labute approximate surface area is 180 Å². The molecule has 0 N–H and O–H groups in total. The van der Waals surface area contributed by atoms with Crippen LogP contribution in [0.25, 0.3) is 5.78 Å². The highest BCUT2D eigenvalue weighted by atomic mass is 32.2. The van der Waals surface area contributed by atoms with Crippen LogP contribution in [0.5, 0.6) is 0 Å². The number of benzene rings is 2. The molecule has 0 saturated carbocycles. The number of carbonyl (C=O) groups is 1. The van der Waals surface area contributed by atoms with E-state index in [2.05, 4.69) is 39.3 Å². The summed E-state index contributed by atoms with van der Waals surface area (Å²) in [6, 6.07) is 22.0. The van der Waals surface area contributed by atoms with E-state index in [0.717, 1.165) is 22.5 Å². The summed E-state index contributed by atoms with van der Waals surface area (Å²) in [5, 5.41) is 5.03. The molecule has 1 amide bonds. The summed E-state index contributed by atoms with van der Waals surface area (Å²) in [4.78, 5) is 23.7. The second-order valence-corrected chi connectivity index (χ2v) is 8.10. The molecule has 0 bridgehead atoms. The highest BCUT2D eigenvalue weighted by Gasteiger charge is 2.23. The van der Waals surface area contributed by atoms with E-state index in [-0.39, 0.29) is 17.7 Å². The average molecular weight is 418 g/mol. The lowest BCUT2D eigenvalue weighted by molar-refractivity contribution is -0.128. The van der Waals surface area contributed by atoms with Crippen LogP contribution in [0, 0.1) is 13.8 Å². The quantitative estimate of drug-likeness (QED) is 0.442. The molecule has 0 fully saturated rings. The molecule has 2 aromatic heterocycles. The summed E-state index contributed by atoms with van der Waals surface area (Å²) in [7, 11) is 1.85. The third-order valence-electron chi connectivity index (χ3n) is 4.93. The van der Waals surface area contributed by atoms with Crippen LogP contribution in [-0.2, 0) is 4.79 Å². The lowest BCUT2D eigenvalue weighted by Gasteiger charge is -2.29. The van der Waals surface area contributed by atoms with Crippen molar-refractivity contribution < 1.29 is 4.79 Å². The van der Waals surface area contributed by atoms with Gasteiger partial charge in [-0.3, -0.25) is 4.79 Å². The molecule has 30 heavy (non-hydrogen) atoms. The number of rotatable bonds is 6. The Balaban J connectivity index is 1.53. The topological polar surface area (TPSA) is 63.4 Å². The fraction of sp³-hybridized carbons (Fsp3) is 0.217. The molecule has 2 heterocycles. The van der Waals surface area contributed by atoms with Crippen LogP contribution in [0.2, 0.25) is 0 Å². The van der Waals surface area contributed by atoms with Crippen molar-refractivity contribution in [1.82, 2.24) is 24.5 Å². The van der Waals surface area contributed by atoms with Gasteiger partial charge in [0.15, 0.2) is 0 Å². The van der Waals surface area contributed by atoms with Crippen molar-refractivity contribution in [3.05, 3.63) is 89.2 Å². The molecule has 0 unspecified atom stereocenters. The van der Waals surface area contributed by atoms with E-state index in [4.69, 9.17) is 0 Å². The smallest absolute Gasteiger partial charge is 0.253 e. The van der Waals surface area contributed by atoms with Gasteiger partial charge in [-0.05, 0) is 31.0 Å². The first-order valence-corrected chi connectivity index (χ1v) is 10.7. The van der Waals surface area contributed by atoms with Gasteiger partial charge >= 0.3 is 0 Å². The van der Waals surface area contributed by atoms with Crippen LogP contribution in [0.3, 0.4) is 0 Å². The van der Waals surface area contributed by atoms with Crippen molar-refractivity contribution in [2.45, 2.75) is 25.0 Å². The number of amides is 1. The first-order chi connectivity index (χ1) is 14.5. The maximum atomic E-state index is 13.1. The molecule has 0 radical (unpaired) electrons. The third kappa shape index (κ3) is 4.21. The van der Waals surface area contributed by atoms with Gasteiger partial charge in [-0.25, -0.2) is 9.50 Å². The molecule has 6 nitrogen and oxygen atoms in total. The number of aromatic nitrogens is 4. The van der Waals surface area contributed by atoms with Gasteiger partial charge in [0, 0.05) is 18.4 Å². The van der Waals surface area contributed by atoms with Crippen molar-refractivity contribution >= 4 is 23.4 Å². The van der Waals surface area contributed by atoms with E-state index in [1.54, 1.807) is 9.42 Å². The second kappa shape index (κ2) is 8.67. The normalized spacial score (nSPS) is 11.2. The molecule has 2 aromatic carbocycles. The molecule has 152 valence electrons. The number of nitrogens with zero attached hydrogens (tertiary/aromatic N) is 5. The molecule has 0 saturated heterocycles. The Hall–Kier alpha value is -3.19. The van der Waals surface area contributed by atoms with E-state index in [1.165, 1.54) is 11.8 Å². The van der Waals surface area contributed by atoms with E-state index in [0.29, 0.717) is 10.9 Å². The summed E-state index contributed by atoms with van der Waals surface area (Å²) in [5.74, 6) is 0.821. The largest absolute Gasteiger partial charge is 0.334 e. The fourth-order valence-electron chi connectivity index (χ4n) is 3.49. The molecule has 7 heteroatoms. The maximum absolute atomic E-state index is 13.1. The number of fused-ring (bicyclic) bond motifs is 1. The first kappa shape index (κ1) is 20.1. The number of carbonyl (C=O) groups excluding carboxylic acids is 1. The Morgan fingerprint density at radius 3 is 2.20 bits per heavy atom. The number of hydrogen-bond donors (Lipinski definition) is 0. The Bertz CT molecular complexity index is 1120. The minimum Gasteiger partial charge on any atom is -0.334 e. The lowest BCUT2D eigenvalue weighted by Crippen LogP contribution is -2.33. The predicted molar refractivity (Wildman–Crippen MR) is 118 cm³/mol. The summed E-state index contributed by atoms with van der Waals surface area (Å²) in [6.45, 7) is 3.90. The molecule has 0 aliphatic heterocycles. The summed E-state index contributed by atoms with van der Waals surface area (Å²) < 4.78 is 1.71. The van der Waals surface area contributed by atoms with Crippen LogP contribution in [0.4, 0.5) is 0 Å². The molecule has 0 spiro atoms. The van der Waals surface area contributed by atoms with Crippen LogP contribution in [-0.4, -0.2) is 43.2 Å². The zero-order valence-corrected chi connectivity index (χ0v) is 18.0. The summed E-state index contributed by atoms with van der Waals surface area (Å²) >= 11 is 1.33. The average Bonchev–Trinajstić information content (AvgIpc) is 3.17. The van der Waals surface area contributed by atoms with Crippen LogP contribution in [0.15, 0.2) is 71.9 Å². The highest BCUT2D eigenvalue weighted by Crippen LogP contribution is 2.28.